The molecule has 0 spiro atoms. The highest BCUT2D eigenvalue weighted by molar-refractivity contribution is 5.73. The van der Waals surface area contributed by atoms with Crippen LogP contribution in [0.4, 0.5) is 13.2 Å². The molecule has 0 aromatic heterocycles. The Kier molecular flexibility index (Phi) is 4.94. The van der Waals surface area contributed by atoms with Crippen LogP contribution >= 0.6 is 0 Å². The first kappa shape index (κ1) is 12.7. The molecule has 14 heavy (non-hydrogen) atoms. The summed E-state index contributed by atoms with van der Waals surface area (Å²) >= 11 is 0. The number of carboxylic acids is 1. The van der Waals surface area contributed by atoms with Crippen LogP contribution in [0.3, 0.4) is 0 Å². The minimum Gasteiger partial charge on any atom is -0.475 e. The Hall–Kier alpha value is -1.29. The number of nitriles is 1. The molecule has 2 N–H and O–H groups in total. The van der Waals surface area contributed by atoms with Crippen LogP contribution in [-0.4, -0.2) is 30.3 Å². The number of aliphatic carboxylic acids is 1. The molecule has 0 aliphatic carbocycles. The summed E-state index contributed by atoms with van der Waals surface area (Å²) in [5.41, 5.74) is 0. The van der Waals surface area contributed by atoms with Gasteiger partial charge in [0.15, 0.2) is 0 Å². The summed E-state index contributed by atoms with van der Waals surface area (Å²) in [7, 11) is 0. The highest BCUT2D eigenvalue weighted by Gasteiger charge is 2.38. The van der Waals surface area contributed by atoms with Crippen molar-refractivity contribution in [2.75, 3.05) is 13.1 Å². The van der Waals surface area contributed by atoms with E-state index >= 15 is 0 Å². The summed E-state index contributed by atoms with van der Waals surface area (Å²) < 4.78 is 31.7. The first-order valence-electron chi connectivity index (χ1n) is 3.75. The summed E-state index contributed by atoms with van der Waals surface area (Å²) in [6.45, 7) is 2.10. The van der Waals surface area contributed by atoms with Crippen LogP contribution in [0.15, 0.2) is 0 Å². The Balaban J connectivity index is 0.000000241. The lowest BCUT2D eigenvalue weighted by Crippen LogP contribution is -2.41. The van der Waals surface area contributed by atoms with E-state index in [1.54, 1.807) is 0 Å². The number of rotatable bonds is 1. The minimum atomic E-state index is -5.08. The highest BCUT2D eigenvalue weighted by atomic mass is 19.4. The van der Waals surface area contributed by atoms with Crippen molar-refractivity contribution in [3.05, 3.63) is 0 Å². The van der Waals surface area contributed by atoms with E-state index < -0.39 is 12.1 Å². The summed E-state index contributed by atoms with van der Waals surface area (Å²) in [6, 6.07) is 2.13. The molecule has 1 rings (SSSR count). The van der Waals surface area contributed by atoms with Crippen molar-refractivity contribution >= 4 is 5.97 Å². The standard InChI is InChI=1S/C5H8N2.C2HF3O2/c6-2-1-5-3-7-4-5;3-2(4,5)1(6)7/h5,7H,1,3-4H2;(H,6,7). The topological polar surface area (TPSA) is 73.1 Å². The molecule has 80 valence electrons. The van der Waals surface area contributed by atoms with E-state index in [1.165, 1.54) is 0 Å². The van der Waals surface area contributed by atoms with Gasteiger partial charge < -0.3 is 10.4 Å². The predicted molar refractivity (Wildman–Crippen MR) is 40.3 cm³/mol. The monoisotopic (exact) mass is 210 g/mol. The van der Waals surface area contributed by atoms with Gasteiger partial charge in [-0.3, -0.25) is 0 Å². The fourth-order valence-corrected chi connectivity index (χ4v) is 0.622. The highest BCUT2D eigenvalue weighted by Crippen LogP contribution is 2.13. The van der Waals surface area contributed by atoms with Gasteiger partial charge in [0.1, 0.15) is 0 Å². The average Bonchev–Trinajstić information content (AvgIpc) is 1.96. The van der Waals surface area contributed by atoms with Crippen molar-refractivity contribution in [3.63, 3.8) is 0 Å². The second-order valence-electron chi connectivity index (χ2n) is 2.69. The third kappa shape index (κ3) is 5.37. The largest absolute Gasteiger partial charge is 0.490 e. The third-order valence-electron chi connectivity index (χ3n) is 1.49. The van der Waals surface area contributed by atoms with E-state index in [9.17, 15) is 13.2 Å². The second kappa shape index (κ2) is 5.44. The van der Waals surface area contributed by atoms with Crippen molar-refractivity contribution in [2.45, 2.75) is 12.6 Å². The lowest BCUT2D eigenvalue weighted by atomic mass is 10.0. The number of nitrogens with zero attached hydrogens (tertiary/aromatic N) is 1. The molecule has 1 aliphatic heterocycles. The molecule has 1 fully saturated rings. The maximum absolute atomic E-state index is 10.6. The molecule has 0 saturated carbocycles. The average molecular weight is 210 g/mol. The molecule has 0 atom stereocenters. The first-order chi connectivity index (χ1) is 6.38. The van der Waals surface area contributed by atoms with Crippen molar-refractivity contribution in [1.82, 2.24) is 5.32 Å². The van der Waals surface area contributed by atoms with Gasteiger partial charge in [-0.15, -0.1) is 0 Å². The third-order valence-corrected chi connectivity index (χ3v) is 1.49. The van der Waals surface area contributed by atoms with E-state index in [4.69, 9.17) is 15.2 Å². The SMILES string of the molecule is N#CCC1CNC1.O=C(O)C(F)(F)F. The Morgan fingerprint density at radius 2 is 2.00 bits per heavy atom. The zero-order valence-electron chi connectivity index (χ0n) is 7.14. The molecule has 0 aromatic carbocycles. The van der Waals surface area contributed by atoms with Gasteiger partial charge in [0.05, 0.1) is 6.07 Å². The Morgan fingerprint density at radius 1 is 1.57 bits per heavy atom. The van der Waals surface area contributed by atoms with Crippen LogP contribution in [0.25, 0.3) is 0 Å². The van der Waals surface area contributed by atoms with Crippen molar-refractivity contribution in [3.8, 4) is 6.07 Å². The van der Waals surface area contributed by atoms with Crippen LogP contribution in [0.5, 0.6) is 0 Å². The fraction of sp³-hybridized carbons (Fsp3) is 0.714. The zero-order chi connectivity index (χ0) is 11.2. The number of hydrogen-bond donors (Lipinski definition) is 2. The van der Waals surface area contributed by atoms with Crippen molar-refractivity contribution < 1.29 is 23.1 Å². The smallest absolute Gasteiger partial charge is 0.475 e. The van der Waals surface area contributed by atoms with Crippen LogP contribution in [-0.2, 0) is 4.79 Å². The predicted octanol–water partition coefficient (Wildman–Crippen LogP) is 0.753. The van der Waals surface area contributed by atoms with E-state index in [2.05, 4.69) is 11.4 Å². The van der Waals surface area contributed by atoms with Crippen LogP contribution in [0.1, 0.15) is 6.42 Å². The van der Waals surface area contributed by atoms with Gasteiger partial charge in [0, 0.05) is 19.5 Å². The van der Waals surface area contributed by atoms with Gasteiger partial charge in [0.25, 0.3) is 0 Å². The fourth-order valence-electron chi connectivity index (χ4n) is 0.622. The van der Waals surface area contributed by atoms with E-state index in [0.717, 1.165) is 19.5 Å². The maximum atomic E-state index is 10.6. The summed E-state index contributed by atoms with van der Waals surface area (Å²) in [5, 5.41) is 18.3. The molecular formula is C7H9F3N2O2. The molecule has 0 unspecified atom stereocenters. The lowest BCUT2D eigenvalue weighted by Gasteiger charge is -2.23. The van der Waals surface area contributed by atoms with Crippen LogP contribution < -0.4 is 5.32 Å². The number of halogens is 3. The normalized spacial score (nSPS) is 15.9. The molecule has 4 nitrogen and oxygen atoms in total. The van der Waals surface area contributed by atoms with Gasteiger partial charge in [0.2, 0.25) is 0 Å². The number of nitrogens with one attached hydrogen (secondary N) is 1. The summed E-state index contributed by atoms with van der Waals surface area (Å²) in [4.78, 5) is 8.90. The lowest BCUT2D eigenvalue weighted by molar-refractivity contribution is -0.192. The quantitative estimate of drug-likeness (QED) is 0.669. The molecule has 1 heterocycles. The van der Waals surface area contributed by atoms with Gasteiger partial charge >= 0.3 is 12.1 Å². The maximum Gasteiger partial charge on any atom is 0.490 e. The molecule has 0 bridgehead atoms. The Labute approximate surface area is 78.3 Å². The van der Waals surface area contributed by atoms with Crippen LogP contribution in [0.2, 0.25) is 0 Å². The van der Waals surface area contributed by atoms with E-state index in [0.29, 0.717) is 5.92 Å². The van der Waals surface area contributed by atoms with E-state index in [1.807, 2.05) is 0 Å². The minimum absolute atomic E-state index is 0.657. The number of alkyl halides is 3. The van der Waals surface area contributed by atoms with Gasteiger partial charge in [-0.2, -0.15) is 18.4 Å². The molecular weight excluding hydrogens is 201 g/mol. The second-order valence-corrected chi connectivity index (χ2v) is 2.69. The number of hydrogen-bond acceptors (Lipinski definition) is 3. The number of carboxylic acid groups (broad SMARTS) is 1. The van der Waals surface area contributed by atoms with Gasteiger partial charge in [-0.1, -0.05) is 0 Å². The van der Waals surface area contributed by atoms with Gasteiger partial charge in [-0.25, -0.2) is 4.79 Å². The zero-order valence-corrected chi connectivity index (χ0v) is 7.14. The molecule has 0 amide bonds. The molecule has 0 radical (unpaired) electrons. The number of carbonyl (C=O) groups is 1. The van der Waals surface area contributed by atoms with Crippen LogP contribution in [0, 0.1) is 17.2 Å². The van der Waals surface area contributed by atoms with Gasteiger partial charge in [-0.05, 0) is 5.92 Å². The first-order valence-corrected chi connectivity index (χ1v) is 3.75. The van der Waals surface area contributed by atoms with Crippen molar-refractivity contribution in [1.29, 1.82) is 5.26 Å². The summed E-state index contributed by atoms with van der Waals surface area (Å²) in [5.74, 6) is -2.10. The Bertz CT molecular complexity index is 230. The molecule has 1 aliphatic rings. The molecule has 1 saturated heterocycles. The Morgan fingerprint density at radius 3 is 2.07 bits per heavy atom. The van der Waals surface area contributed by atoms with Crippen molar-refractivity contribution in [2.24, 2.45) is 5.92 Å². The molecule has 7 heteroatoms. The van der Waals surface area contributed by atoms with E-state index in [-0.39, 0.29) is 0 Å². The molecule has 0 aromatic rings. The summed E-state index contributed by atoms with van der Waals surface area (Å²) in [6.07, 6.45) is -4.35.